The zero-order chi connectivity index (χ0) is 13.5. The van der Waals surface area contributed by atoms with E-state index in [0.29, 0.717) is 6.04 Å². The molecule has 2 unspecified atom stereocenters. The highest BCUT2D eigenvalue weighted by Crippen LogP contribution is 2.20. The van der Waals surface area contributed by atoms with Crippen LogP contribution in [-0.4, -0.2) is 54.0 Å². The molecule has 5 nitrogen and oxygen atoms in total. The van der Waals surface area contributed by atoms with Crippen molar-refractivity contribution < 1.29 is 4.79 Å². The van der Waals surface area contributed by atoms with Crippen LogP contribution in [0.25, 0.3) is 0 Å². The average molecular weight is 256 g/mol. The zero-order valence-electron chi connectivity index (χ0n) is 12.0. The first-order chi connectivity index (χ1) is 8.67. The van der Waals surface area contributed by atoms with Crippen molar-refractivity contribution in [3.05, 3.63) is 0 Å². The number of amides is 1. The molecule has 2 atom stereocenters. The van der Waals surface area contributed by atoms with Crippen molar-refractivity contribution in [1.82, 2.24) is 15.2 Å². The van der Waals surface area contributed by atoms with E-state index in [1.54, 1.807) is 0 Å². The van der Waals surface area contributed by atoms with Crippen molar-refractivity contribution in [2.45, 2.75) is 52.1 Å². The van der Waals surface area contributed by atoms with Gasteiger partial charge in [0.1, 0.15) is 0 Å². The number of nitrogens with zero attached hydrogens (tertiary/aromatic N) is 2. The molecule has 1 rings (SSSR count). The molecule has 1 saturated heterocycles. The molecule has 3 N–H and O–H groups in total. The van der Waals surface area contributed by atoms with E-state index in [-0.39, 0.29) is 11.9 Å². The van der Waals surface area contributed by atoms with Gasteiger partial charge < -0.3 is 0 Å². The van der Waals surface area contributed by atoms with Crippen LogP contribution in [0.1, 0.15) is 40.0 Å². The summed E-state index contributed by atoms with van der Waals surface area (Å²) in [7, 11) is 0. The predicted molar refractivity (Wildman–Crippen MR) is 73.9 cm³/mol. The summed E-state index contributed by atoms with van der Waals surface area (Å²) in [4.78, 5) is 16.6. The maximum atomic E-state index is 11.8. The third kappa shape index (κ3) is 3.67. The normalized spacial score (nSPS) is 22.4. The number of rotatable bonds is 7. The summed E-state index contributed by atoms with van der Waals surface area (Å²) in [5.74, 6) is 5.24. The van der Waals surface area contributed by atoms with Crippen LogP contribution in [-0.2, 0) is 4.79 Å². The van der Waals surface area contributed by atoms with Gasteiger partial charge in [0.2, 0.25) is 0 Å². The number of carbonyl (C=O) groups excluding carboxylic acids is 1. The SMILES string of the molecule is CCCC(C(=O)NN)N1CCC(N(CC)CC)C1. The molecule has 0 saturated carbocycles. The van der Waals surface area contributed by atoms with Crippen molar-refractivity contribution in [2.75, 3.05) is 26.2 Å². The van der Waals surface area contributed by atoms with Gasteiger partial charge >= 0.3 is 0 Å². The maximum absolute atomic E-state index is 11.8. The molecule has 1 fully saturated rings. The molecule has 106 valence electrons. The summed E-state index contributed by atoms with van der Waals surface area (Å²) in [6.45, 7) is 10.6. The van der Waals surface area contributed by atoms with Gasteiger partial charge in [0.15, 0.2) is 0 Å². The second-order valence-corrected chi connectivity index (χ2v) is 4.97. The second kappa shape index (κ2) is 7.71. The van der Waals surface area contributed by atoms with Crippen LogP contribution in [0.2, 0.25) is 0 Å². The van der Waals surface area contributed by atoms with Gasteiger partial charge in [0.25, 0.3) is 5.91 Å². The van der Waals surface area contributed by atoms with Crippen LogP contribution in [0, 0.1) is 0 Å². The number of hydrogen-bond donors (Lipinski definition) is 2. The molecule has 0 bridgehead atoms. The molecule has 1 amide bonds. The topological polar surface area (TPSA) is 61.6 Å². The molecule has 0 aromatic carbocycles. The van der Waals surface area contributed by atoms with Crippen LogP contribution in [0.5, 0.6) is 0 Å². The van der Waals surface area contributed by atoms with Crippen LogP contribution in [0.3, 0.4) is 0 Å². The Balaban J connectivity index is 2.59. The molecule has 0 aromatic heterocycles. The van der Waals surface area contributed by atoms with Gasteiger partial charge in [-0.25, -0.2) is 5.84 Å². The molecule has 1 aliphatic heterocycles. The van der Waals surface area contributed by atoms with Gasteiger partial charge in [0.05, 0.1) is 6.04 Å². The minimum Gasteiger partial charge on any atom is -0.300 e. The molecule has 0 aliphatic carbocycles. The first kappa shape index (κ1) is 15.4. The lowest BCUT2D eigenvalue weighted by molar-refractivity contribution is -0.126. The number of nitrogens with two attached hydrogens (primary N) is 1. The van der Waals surface area contributed by atoms with E-state index in [9.17, 15) is 4.79 Å². The fourth-order valence-corrected chi connectivity index (χ4v) is 2.94. The van der Waals surface area contributed by atoms with E-state index < -0.39 is 0 Å². The fourth-order valence-electron chi connectivity index (χ4n) is 2.94. The molecule has 0 spiro atoms. The molecule has 1 aliphatic rings. The molecular formula is C13H28N4O. The summed E-state index contributed by atoms with van der Waals surface area (Å²) in [6, 6.07) is 0.533. The standard InChI is InChI=1S/C13H28N4O/c1-4-7-12(13(18)15-14)17-9-8-11(10-17)16(5-2)6-3/h11-12H,4-10,14H2,1-3H3,(H,15,18). The Bertz CT molecular complexity index is 255. The Morgan fingerprint density at radius 3 is 2.61 bits per heavy atom. The van der Waals surface area contributed by atoms with E-state index in [4.69, 9.17) is 5.84 Å². The number of hydrogen-bond acceptors (Lipinski definition) is 4. The van der Waals surface area contributed by atoms with Gasteiger partial charge in [-0.05, 0) is 25.9 Å². The number of carbonyl (C=O) groups is 1. The second-order valence-electron chi connectivity index (χ2n) is 4.97. The molecule has 18 heavy (non-hydrogen) atoms. The monoisotopic (exact) mass is 256 g/mol. The molecular weight excluding hydrogens is 228 g/mol. The Morgan fingerprint density at radius 1 is 1.44 bits per heavy atom. The Hall–Kier alpha value is -0.650. The molecule has 0 aromatic rings. The number of likely N-dealkylation sites (tertiary alicyclic amines) is 1. The summed E-state index contributed by atoms with van der Waals surface area (Å²) in [5.41, 5.74) is 2.30. The number of hydrazine groups is 1. The van der Waals surface area contributed by atoms with Gasteiger partial charge in [-0.1, -0.05) is 27.2 Å². The summed E-state index contributed by atoms with van der Waals surface area (Å²) >= 11 is 0. The first-order valence-electron chi connectivity index (χ1n) is 7.16. The summed E-state index contributed by atoms with van der Waals surface area (Å²) in [6.07, 6.45) is 3.04. The van der Waals surface area contributed by atoms with E-state index >= 15 is 0 Å². The third-order valence-electron chi connectivity index (χ3n) is 3.97. The lowest BCUT2D eigenvalue weighted by atomic mass is 10.1. The molecule has 0 radical (unpaired) electrons. The van der Waals surface area contributed by atoms with E-state index in [1.165, 1.54) is 0 Å². The predicted octanol–water partition coefficient (Wildman–Crippen LogP) is 0.561. The minimum atomic E-state index is -0.0550. The Labute approximate surface area is 111 Å². The highest BCUT2D eigenvalue weighted by atomic mass is 16.2. The van der Waals surface area contributed by atoms with Crippen LogP contribution >= 0.6 is 0 Å². The van der Waals surface area contributed by atoms with Crippen molar-refractivity contribution >= 4 is 5.91 Å². The quantitative estimate of drug-likeness (QED) is 0.397. The third-order valence-corrected chi connectivity index (χ3v) is 3.97. The van der Waals surface area contributed by atoms with E-state index in [1.807, 2.05) is 0 Å². The van der Waals surface area contributed by atoms with Gasteiger partial charge in [0, 0.05) is 19.1 Å². The summed E-state index contributed by atoms with van der Waals surface area (Å²) < 4.78 is 0. The van der Waals surface area contributed by atoms with E-state index in [2.05, 4.69) is 36.0 Å². The highest BCUT2D eigenvalue weighted by Gasteiger charge is 2.33. The lowest BCUT2D eigenvalue weighted by Crippen LogP contribution is -2.49. The van der Waals surface area contributed by atoms with Crippen LogP contribution in [0.4, 0.5) is 0 Å². The number of nitrogens with one attached hydrogen (secondary N) is 1. The van der Waals surface area contributed by atoms with Crippen molar-refractivity contribution in [2.24, 2.45) is 5.84 Å². The lowest BCUT2D eigenvalue weighted by Gasteiger charge is -2.29. The van der Waals surface area contributed by atoms with Gasteiger partial charge in [-0.2, -0.15) is 0 Å². The fraction of sp³-hybridized carbons (Fsp3) is 0.923. The Morgan fingerprint density at radius 2 is 2.11 bits per heavy atom. The first-order valence-corrected chi connectivity index (χ1v) is 7.16. The van der Waals surface area contributed by atoms with Gasteiger partial charge in [-0.15, -0.1) is 0 Å². The Kier molecular flexibility index (Phi) is 6.60. The van der Waals surface area contributed by atoms with Crippen LogP contribution in [0.15, 0.2) is 0 Å². The number of likely N-dealkylation sites (N-methyl/N-ethyl adjacent to an activating group) is 1. The minimum absolute atomic E-state index is 0.0444. The van der Waals surface area contributed by atoms with Crippen molar-refractivity contribution in [3.8, 4) is 0 Å². The van der Waals surface area contributed by atoms with Crippen LogP contribution < -0.4 is 11.3 Å². The zero-order valence-corrected chi connectivity index (χ0v) is 12.0. The molecule has 1 heterocycles. The maximum Gasteiger partial charge on any atom is 0.251 e. The van der Waals surface area contributed by atoms with E-state index in [0.717, 1.165) is 45.4 Å². The average Bonchev–Trinajstić information content (AvgIpc) is 2.86. The van der Waals surface area contributed by atoms with Gasteiger partial charge in [-0.3, -0.25) is 20.0 Å². The van der Waals surface area contributed by atoms with Crippen molar-refractivity contribution in [1.29, 1.82) is 0 Å². The molecule has 5 heteroatoms. The largest absolute Gasteiger partial charge is 0.300 e. The van der Waals surface area contributed by atoms with Crippen molar-refractivity contribution in [3.63, 3.8) is 0 Å². The summed E-state index contributed by atoms with van der Waals surface area (Å²) in [5, 5.41) is 0. The smallest absolute Gasteiger partial charge is 0.251 e. The highest BCUT2D eigenvalue weighted by molar-refractivity contribution is 5.81.